The molecule has 0 radical (unpaired) electrons. The van der Waals surface area contributed by atoms with Gasteiger partial charge in [0, 0.05) is 16.7 Å². The quantitative estimate of drug-likeness (QED) is 0.108. The van der Waals surface area contributed by atoms with Crippen molar-refractivity contribution in [1.82, 2.24) is 0 Å². The molecule has 0 bridgehead atoms. The number of hydrogen-bond acceptors (Lipinski definition) is 6. The molecule has 0 atom stereocenters. The van der Waals surface area contributed by atoms with Crippen molar-refractivity contribution < 1.29 is 28.6 Å². The van der Waals surface area contributed by atoms with Gasteiger partial charge in [-0.25, -0.2) is 9.69 Å². The van der Waals surface area contributed by atoms with Crippen LogP contribution < -0.4 is 14.2 Å². The molecular weight excluding hydrogens is 628 g/mol. The molecule has 0 spiro atoms. The van der Waals surface area contributed by atoms with Crippen LogP contribution >= 0.6 is 0 Å². The maximum absolute atomic E-state index is 11.8. The molecule has 50 heavy (non-hydrogen) atoms. The van der Waals surface area contributed by atoms with E-state index in [1.807, 2.05) is 31.2 Å². The van der Waals surface area contributed by atoms with Crippen molar-refractivity contribution in [2.24, 2.45) is 0 Å². The van der Waals surface area contributed by atoms with Crippen LogP contribution in [0.5, 0.6) is 34.5 Å². The SMILES string of the molecule is [C-]#[N+]c1ccc(Oc2ccc(-c3ccc(Oc4ccc(C)cc4)cc3C=O)c(C=O)c2)cc1.[C-]#[N+]c1ccc(Oc2cccc(C=O)c2)cc1. The van der Waals surface area contributed by atoms with Crippen molar-refractivity contribution in [1.29, 1.82) is 0 Å². The molecule has 0 unspecified atom stereocenters. The molecule has 8 heteroatoms. The summed E-state index contributed by atoms with van der Waals surface area (Å²) in [5, 5.41) is 0. The first-order valence-corrected chi connectivity index (χ1v) is 15.2. The molecule has 8 nitrogen and oxygen atoms in total. The summed E-state index contributed by atoms with van der Waals surface area (Å²) >= 11 is 0. The van der Waals surface area contributed by atoms with E-state index < -0.39 is 0 Å². The van der Waals surface area contributed by atoms with Crippen molar-refractivity contribution in [3.63, 3.8) is 0 Å². The van der Waals surface area contributed by atoms with Gasteiger partial charge >= 0.3 is 0 Å². The Hall–Kier alpha value is -7.29. The first kappa shape index (κ1) is 34.1. The zero-order valence-electron chi connectivity index (χ0n) is 26.8. The van der Waals surface area contributed by atoms with Gasteiger partial charge in [0.2, 0.25) is 0 Å². The Morgan fingerprint density at radius 3 is 1.26 bits per heavy atom. The Morgan fingerprint density at radius 2 is 0.860 bits per heavy atom. The topological polar surface area (TPSA) is 87.6 Å². The van der Waals surface area contributed by atoms with Crippen molar-refractivity contribution in [2.45, 2.75) is 6.92 Å². The third-order valence-corrected chi connectivity index (χ3v) is 7.24. The Bertz CT molecular complexity index is 2210. The number of ether oxygens (including phenoxy) is 3. The van der Waals surface area contributed by atoms with Gasteiger partial charge in [-0.1, -0.05) is 54.1 Å². The average molecular weight is 657 g/mol. The number of rotatable bonds is 10. The second-order valence-corrected chi connectivity index (χ2v) is 10.8. The molecule has 242 valence electrons. The predicted octanol–water partition coefficient (Wildman–Crippen LogP) is 11.3. The Balaban J connectivity index is 0.000000240. The average Bonchev–Trinajstić information content (AvgIpc) is 3.16. The molecule has 6 rings (SSSR count). The number of carbonyl (C=O) groups excluding carboxylic acids is 3. The minimum atomic E-state index is 0.389. The van der Waals surface area contributed by atoms with Gasteiger partial charge in [-0.15, -0.1) is 0 Å². The number of hydrogen-bond donors (Lipinski definition) is 0. The fourth-order valence-electron chi connectivity index (χ4n) is 4.74. The van der Waals surface area contributed by atoms with Gasteiger partial charge in [0.1, 0.15) is 40.8 Å². The molecule has 0 aromatic heterocycles. The van der Waals surface area contributed by atoms with E-state index in [1.165, 1.54) is 0 Å². The first-order valence-electron chi connectivity index (χ1n) is 15.2. The van der Waals surface area contributed by atoms with Crippen LogP contribution in [0.4, 0.5) is 11.4 Å². The van der Waals surface area contributed by atoms with Gasteiger partial charge in [-0.2, -0.15) is 0 Å². The Morgan fingerprint density at radius 1 is 0.460 bits per heavy atom. The highest BCUT2D eigenvalue weighted by Gasteiger charge is 2.13. The summed E-state index contributed by atoms with van der Waals surface area (Å²) in [6, 6.07) is 38.3. The minimum Gasteiger partial charge on any atom is -0.457 e. The second-order valence-electron chi connectivity index (χ2n) is 10.8. The number of nitrogens with zero attached hydrogens (tertiary/aromatic N) is 2. The predicted molar refractivity (Wildman–Crippen MR) is 191 cm³/mol. The highest BCUT2D eigenvalue weighted by Crippen LogP contribution is 2.34. The van der Waals surface area contributed by atoms with E-state index in [1.54, 1.807) is 109 Å². The van der Waals surface area contributed by atoms with Crippen molar-refractivity contribution in [3.05, 3.63) is 179 Å². The summed E-state index contributed by atoms with van der Waals surface area (Å²) in [5.74, 6) is 3.47. The molecule has 0 saturated carbocycles. The van der Waals surface area contributed by atoms with Crippen molar-refractivity contribution in [2.75, 3.05) is 0 Å². The van der Waals surface area contributed by atoms with E-state index in [4.69, 9.17) is 27.4 Å². The lowest BCUT2D eigenvalue weighted by atomic mass is 9.96. The van der Waals surface area contributed by atoms with Crippen LogP contribution in [0.15, 0.2) is 133 Å². The summed E-state index contributed by atoms with van der Waals surface area (Å²) < 4.78 is 17.2. The Labute approximate surface area is 289 Å². The third-order valence-electron chi connectivity index (χ3n) is 7.24. The fraction of sp³-hybridized carbons (Fsp3) is 0.0238. The van der Waals surface area contributed by atoms with Crippen molar-refractivity contribution >= 4 is 30.2 Å². The monoisotopic (exact) mass is 656 g/mol. The molecule has 0 N–H and O–H groups in total. The molecule has 0 saturated heterocycles. The maximum atomic E-state index is 11.8. The smallest absolute Gasteiger partial charge is 0.187 e. The summed E-state index contributed by atoms with van der Waals surface area (Å²) in [7, 11) is 0. The van der Waals surface area contributed by atoms with Crippen molar-refractivity contribution in [3.8, 4) is 45.6 Å². The highest BCUT2D eigenvalue weighted by molar-refractivity contribution is 5.95. The number of carbonyl (C=O) groups is 3. The molecule has 0 fully saturated rings. The third kappa shape index (κ3) is 8.95. The van der Waals surface area contributed by atoms with Crippen LogP contribution in [-0.2, 0) is 0 Å². The van der Waals surface area contributed by atoms with E-state index in [0.717, 1.165) is 24.4 Å². The van der Waals surface area contributed by atoms with E-state index in [2.05, 4.69) is 9.69 Å². The lowest BCUT2D eigenvalue weighted by Crippen LogP contribution is -1.95. The molecule has 6 aromatic rings. The lowest BCUT2D eigenvalue weighted by Gasteiger charge is -2.13. The largest absolute Gasteiger partial charge is 0.457 e. The standard InChI is InChI=1S/C28H19NO4.C14H9NO2/c1-19-3-7-23(8-4-19)32-25-11-13-27(20(15-25)17-30)28-14-12-26(16-21(28)18-31)33-24-9-5-22(29-2)6-10-24;1-15-12-5-7-13(8-6-12)17-14-4-2-3-11(9-14)10-16/h3-18H,1H3;2-10H. The number of benzene rings is 6. The maximum Gasteiger partial charge on any atom is 0.187 e. The molecule has 0 amide bonds. The zero-order chi connectivity index (χ0) is 35.3. The summed E-state index contributed by atoms with van der Waals surface area (Å²) in [6.45, 7) is 15.8. The highest BCUT2D eigenvalue weighted by atomic mass is 16.5. The van der Waals surface area contributed by atoms with Gasteiger partial charge in [0.25, 0.3) is 0 Å². The van der Waals surface area contributed by atoms with Crippen LogP contribution in [0.3, 0.4) is 0 Å². The first-order chi connectivity index (χ1) is 24.4. The summed E-state index contributed by atoms with van der Waals surface area (Å²) in [4.78, 5) is 40.9. The minimum absolute atomic E-state index is 0.389. The van der Waals surface area contributed by atoms with Gasteiger partial charge in [-0.05, 0) is 103 Å². The van der Waals surface area contributed by atoms with Gasteiger partial charge < -0.3 is 14.2 Å². The molecule has 0 heterocycles. The van der Waals surface area contributed by atoms with E-state index in [0.29, 0.717) is 73.7 Å². The second kappa shape index (κ2) is 16.5. The van der Waals surface area contributed by atoms with Gasteiger partial charge in [0.15, 0.2) is 23.9 Å². The lowest BCUT2D eigenvalue weighted by molar-refractivity contribution is 0.111. The fourth-order valence-corrected chi connectivity index (χ4v) is 4.74. The summed E-state index contributed by atoms with van der Waals surface area (Å²) in [6.07, 6.45) is 2.25. The number of aldehydes is 3. The summed E-state index contributed by atoms with van der Waals surface area (Å²) in [5.41, 5.74) is 4.81. The van der Waals surface area contributed by atoms with E-state index >= 15 is 0 Å². The van der Waals surface area contributed by atoms with Crippen LogP contribution in [0.1, 0.15) is 36.6 Å². The Kier molecular flexibility index (Phi) is 11.2. The van der Waals surface area contributed by atoms with Crippen LogP contribution in [0.2, 0.25) is 0 Å². The molecule has 0 aliphatic carbocycles. The molecule has 0 aliphatic rings. The molecule has 0 aliphatic heterocycles. The van der Waals surface area contributed by atoms with Crippen LogP contribution in [-0.4, -0.2) is 18.9 Å². The van der Waals surface area contributed by atoms with Crippen LogP contribution in [0, 0.1) is 20.1 Å². The zero-order valence-corrected chi connectivity index (χ0v) is 26.8. The van der Waals surface area contributed by atoms with E-state index in [9.17, 15) is 14.4 Å². The molecule has 6 aromatic carbocycles. The molecular formula is C42H28N2O6. The normalized spacial score (nSPS) is 9.90. The number of aryl methyl sites for hydroxylation is 1. The van der Waals surface area contributed by atoms with Gasteiger partial charge in [-0.3, -0.25) is 14.4 Å². The van der Waals surface area contributed by atoms with Crippen LogP contribution in [0.25, 0.3) is 20.8 Å². The van der Waals surface area contributed by atoms with Gasteiger partial charge in [0.05, 0.1) is 13.1 Å². The van der Waals surface area contributed by atoms with E-state index in [-0.39, 0.29) is 0 Å².